The van der Waals surface area contributed by atoms with Gasteiger partial charge in [-0.3, -0.25) is 4.98 Å². The van der Waals surface area contributed by atoms with Gasteiger partial charge in [0.1, 0.15) is 5.52 Å². The predicted molar refractivity (Wildman–Crippen MR) is 67.8 cm³/mol. The van der Waals surface area contributed by atoms with Crippen LogP contribution in [0.1, 0.15) is 0 Å². The van der Waals surface area contributed by atoms with E-state index in [9.17, 15) is 13.0 Å². The van der Waals surface area contributed by atoms with Gasteiger partial charge in [0.25, 0.3) is 0 Å². The molecule has 0 saturated carbocycles. The molecule has 5 nitrogen and oxygen atoms in total. The molecular weight excluding hydrogens is 312 g/mol. The molecule has 1 aromatic carbocycles. The molecule has 0 unspecified atom stereocenters. The summed E-state index contributed by atoms with van der Waals surface area (Å²) in [4.78, 5) is 3.89. The summed E-state index contributed by atoms with van der Waals surface area (Å²) in [6.07, 6.45) is 1.40. The second kappa shape index (κ2) is 5.92. The van der Waals surface area contributed by atoms with Gasteiger partial charge in [0.15, 0.2) is 5.75 Å². The second-order valence-electron chi connectivity index (χ2n) is 3.06. The molecule has 0 atom stereocenters. The van der Waals surface area contributed by atoms with Crippen LogP contribution in [-0.4, -0.2) is 43.0 Å². The second-order valence-corrected chi connectivity index (χ2v) is 4.86. The van der Waals surface area contributed by atoms with Gasteiger partial charge in [-0.25, -0.2) is 0 Å². The Morgan fingerprint density at radius 2 is 1.89 bits per heavy atom. The summed E-state index contributed by atoms with van der Waals surface area (Å²) in [7, 11) is -4.92. The number of benzene rings is 1. The van der Waals surface area contributed by atoms with E-state index < -0.39 is 10.4 Å². The van der Waals surface area contributed by atoms with E-state index in [2.05, 4.69) is 9.17 Å². The zero-order valence-electron chi connectivity index (χ0n) is 9.05. The van der Waals surface area contributed by atoms with Crippen molar-refractivity contribution in [3.63, 3.8) is 0 Å². The van der Waals surface area contributed by atoms with Crippen molar-refractivity contribution in [2.45, 2.75) is 0 Å². The van der Waals surface area contributed by atoms with Crippen LogP contribution in [0.4, 0.5) is 0 Å². The number of aromatic nitrogens is 1. The average molecular weight is 316 g/mol. The van der Waals surface area contributed by atoms with Crippen molar-refractivity contribution >= 4 is 74.1 Å². The molecule has 1 heterocycles. The molecule has 2 rings (SSSR count). The molecule has 90 valence electrons. The average Bonchev–Trinajstić information content (AvgIpc) is 2.23. The fourth-order valence-electron chi connectivity index (χ4n) is 1.33. The Morgan fingerprint density at radius 3 is 2.50 bits per heavy atom. The van der Waals surface area contributed by atoms with E-state index in [4.69, 9.17) is 23.2 Å². The maximum atomic E-state index is 10.6. The summed E-state index contributed by atoms with van der Waals surface area (Å²) >= 11 is 11.7. The van der Waals surface area contributed by atoms with Crippen LogP contribution in [0.25, 0.3) is 10.9 Å². The first-order valence-electron chi connectivity index (χ1n) is 4.26. The van der Waals surface area contributed by atoms with Crippen molar-refractivity contribution < 1.29 is 17.2 Å². The number of rotatable bonds is 2. The molecule has 2 radical (unpaired) electrons. The van der Waals surface area contributed by atoms with Crippen molar-refractivity contribution in [3.8, 4) is 5.75 Å². The first-order valence-corrected chi connectivity index (χ1v) is 6.35. The smallest absolute Gasteiger partial charge is 0.356 e. The third-order valence-electron chi connectivity index (χ3n) is 1.94. The summed E-state index contributed by atoms with van der Waals surface area (Å²) < 4.78 is 36.0. The Kier molecular flexibility index (Phi) is 5.25. The van der Waals surface area contributed by atoms with Gasteiger partial charge in [-0.15, -0.1) is 0 Å². The molecule has 0 bridgehead atoms. The van der Waals surface area contributed by atoms with Crippen LogP contribution < -0.4 is 4.18 Å². The molecule has 0 aliphatic rings. The Morgan fingerprint density at radius 1 is 1.22 bits per heavy atom. The molecule has 9 heteroatoms. The molecular formula is C9H4Cl2NNaO4S. The minimum Gasteiger partial charge on any atom is -0.356 e. The molecule has 0 saturated heterocycles. The number of halogens is 2. The van der Waals surface area contributed by atoms with Gasteiger partial charge in [-0.2, -0.15) is 8.42 Å². The largest absolute Gasteiger partial charge is 0.477 e. The van der Waals surface area contributed by atoms with E-state index >= 15 is 0 Å². The molecule has 18 heavy (non-hydrogen) atoms. The molecule has 0 N–H and O–H groups in total. The molecule has 2 aromatic rings. The minimum absolute atomic E-state index is 0. The Balaban J connectivity index is 0.00000162. The van der Waals surface area contributed by atoms with Gasteiger partial charge >= 0.3 is 10.4 Å². The maximum Gasteiger partial charge on any atom is 0.477 e. The van der Waals surface area contributed by atoms with Crippen LogP contribution in [0.2, 0.25) is 10.0 Å². The number of hydrogen-bond acceptors (Lipinski definition) is 4. The first-order chi connectivity index (χ1) is 7.88. The van der Waals surface area contributed by atoms with Crippen LogP contribution in [0, 0.1) is 0 Å². The first kappa shape index (κ1) is 16.0. The Bertz CT molecular complexity index is 692. The van der Waals surface area contributed by atoms with Gasteiger partial charge in [-0.1, -0.05) is 27.8 Å². The van der Waals surface area contributed by atoms with Crippen LogP contribution in [0.5, 0.6) is 5.75 Å². The zero-order chi connectivity index (χ0) is 12.6. The molecule has 1 aromatic heterocycles. The van der Waals surface area contributed by atoms with Gasteiger partial charge in [0.05, 0.1) is 10.0 Å². The summed E-state index contributed by atoms with van der Waals surface area (Å²) in [6, 6.07) is 4.50. The molecule has 0 aliphatic carbocycles. The predicted octanol–water partition coefficient (Wildman–Crippen LogP) is 2.21. The normalized spacial score (nSPS) is 11.1. The fourth-order valence-corrected chi connectivity index (χ4v) is 2.30. The van der Waals surface area contributed by atoms with Crippen LogP contribution >= 0.6 is 23.2 Å². The van der Waals surface area contributed by atoms with E-state index in [0.29, 0.717) is 5.39 Å². The Hall–Kier alpha value is -0.0800. The van der Waals surface area contributed by atoms with Crippen LogP contribution in [0.3, 0.4) is 0 Å². The molecule has 0 fully saturated rings. The summed E-state index contributed by atoms with van der Waals surface area (Å²) in [5.74, 6) is -0.318. The molecule has 0 spiro atoms. The van der Waals surface area contributed by atoms with Gasteiger partial charge in [-0.05, 0) is 18.2 Å². The maximum absolute atomic E-state index is 10.6. The molecule has 0 aliphatic heterocycles. The number of nitrogens with zero attached hydrogens (tertiary/aromatic N) is 1. The minimum atomic E-state index is -4.92. The van der Waals surface area contributed by atoms with Gasteiger partial charge < -0.3 is 4.18 Å². The van der Waals surface area contributed by atoms with Crippen LogP contribution in [-0.2, 0) is 15.0 Å². The van der Waals surface area contributed by atoms with Crippen molar-refractivity contribution in [2.24, 2.45) is 0 Å². The van der Waals surface area contributed by atoms with Crippen molar-refractivity contribution in [1.82, 2.24) is 4.98 Å². The third kappa shape index (κ3) is 3.48. The SMILES string of the molecule is [Na].[O]S(=O)(=O)Oc1c(Cl)cc(Cl)c2cccnc12. The zero-order valence-corrected chi connectivity index (χ0v) is 13.4. The van der Waals surface area contributed by atoms with Crippen molar-refractivity contribution in [1.29, 1.82) is 0 Å². The van der Waals surface area contributed by atoms with Gasteiger partial charge in [0, 0.05) is 41.1 Å². The summed E-state index contributed by atoms with van der Waals surface area (Å²) in [5, 5.41) is 0.631. The molecule has 0 amide bonds. The van der Waals surface area contributed by atoms with Crippen molar-refractivity contribution in [3.05, 3.63) is 34.4 Å². The third-order valence-corrected chi connectivity index (χ3v) is 2.90. The number of pyridine rings is 1. The van der Waals surface area contributed by atoms with E-state index in [-0.39, 0.29) is 50.9 Å². The Labute approximate surface area is 135 Å². The number of hydrogen-bond donors (Lipinski definition) is 0. The van der Waals surface area contributed by atoms with E-state index in [1.54, 1.807) is 12.1 Å². The standard InChI is InChI=1S/C9H4Cl2NO4S.Na/c10-6-4-7(11)9(16-17(13,14)15)8-5(6)2-1-3-12-8;/h1-4H;. The topological polar surface area (TPSA) is 76.2 Å². The fraction of sp³-hybridized carbons (Fsp3) is 0. The van der Waals surface area contributed by atoms with E-state index in [1.165, 1.54) is 12.3 Å². The summed E-state index contributed by atoms with van der Waals surface area (Å²) in [6.45, 7) is 0. The van der Waals surface area contributed by atoms with E-state index in [0.717, 1.165) is 0 Å². The summed E-state index contributed by atoms with van der Waals surface area (Å²) in [5.41, 5.74) is 0.115. The van der Waals surface area contributed by atoms with Gasteiger partial charge in [0.2, 0.25) is 0 Å². The quantitative estimate of drug-likeness (QED) is 0.796. The monoisotopic (exact) mass is 315 g/mol. The van der Waals surface area contributed by atoms with Crippen LogP contribution in [0.15, 0.2) is 24.4 Å². The number of fused-ring (bicyclic) bond motifs is 1. The van der Waals surface area contributed by atoms with E-state index in [1.807, 2.05) is 0 Å². The van der Waals surface area contributed by atoms with Crippen molar-refractivity contribution in [2.75, 3.05) is 0 Å².